The molecule has 122 valence electrons. The van der Waals surface area contributed by atoms with Gasteiger partial charge in [-0.2, -0.15) is 0 Å². The van der Waals surface area contributed by atoms with E-state index in [1.54, 1.807) is 24.4 Å². The van der Waals surface area contributed by atoms with Gasteiger partial charge in [0, 0.05) is 11.9 Å². The molecule has 5 nitrogen and oxygen atoms in total. The largest absolute Gasteiger partial charge is 0.361 e. The topological polar surface area (TPSA) is 78.1 Å². The number of aromatic nitrogens is 2. The van der Waals surface area contributed by atoms with E-state index in [0.717, 1.165) is 25.0 Å². The Hall–Kier alpha value is -2.17. The highest BCUT2D eigenvalue weighted by Gasteiger charge is 2.27. The van der Waals surface area contributed by atoms with Crippen LogP contribution in [0.3, 0.4) is 0 Å². The predicted molar refractivity (Wildman–Crippen MR) is 91.7 cm³/mol. The van der Waals surface area contributed by atoms with Crippen LogP contribution in [0.5, 0.6) is 0 Å². The molecule has 0 unspecified atom stereocenters. The fraction of sp³-hybridized carbons (Fsp3) is 0.500. The Labute approximate surface area is 135 Å². The van der Waals surface area contributed by atoms with Crippen LogP contribution in [0.25, 0.3) is 11.3 Å². The van der Waals surface area contributed by atoms with Crippen molar-refractivity contribution < 1.29 is 0 Å². The zero-order valence-electron chi connectivity index (χ0n) is 13.7. The van der Waals surface area contributed by atoms with Crippen LogP contribution in [0.4, 0.5) is 5.69 Å². The summed E-state index contributed by atoms with van der Waals surface area (Å²) in [5.74, 6) is 0.564. The second-order valence-electron chi connectivity index (χ2n) is 7.37. The number of hydrogen-bond donors (Lipinski definition) is 2. The van der Waals surface area contributed by atoms with Gasteiger partial charge in [0.2, 0.25) is 0 Å². The van der Waals surface area contributed by atoms with Crippen molar-refractivity contribution in [1.82, 2.24) is 9.97 Å². The van der Waals surface area contributed by atoms with Crippen LogP contribution >= 0.6 is 0 Å². The molecule has 2 aromatic heterocycles. The first-order chi connectivity index (χ1) is 11.0. The third kappa shape index (κ3) is 3.44. The van der Waals surface area contributed by atoms with Gasteiger partial charge in [-0.15, -0.1) is 4.91 Å². The van der Waals surface area contributed by atoms with E-state index in [0.29, 0.717) is 22.6 Å². The third-order valence-corrected chi connectivity index (χ3v) is 5.00. The number of nitrogens with zero attached hydrogens (tertiary/aromatic N) is 1. The molecule has 0 spiro atoms. The molecule has 1 saturated carbocycles. The van der Waals surface area contributed by atoms with Crippen LogP contribution < -0.4 is 5.56 Å². The molecular weight excluding hydrogens is 290 g/mol. The molecule has 0 atom stereocenters. The lowest BCUT2D eigenvalue weighted by atomic mass is 9.72. The number of rotatable bonds is 4. The summed E-state index contributed by atoms with van der Waals surface area (Å²) in [6, 6.07) is 5.29. The Morgan fingerprint density at radius 2 is 2.04 bits per heavy atom. The van der Waals surface area contributed by atoms with Crippen molar-refractivity contribution in [2.75, 3.05) is 0 Å². The fourth-order valence-electron chi connectivity index (χ4n) is 3.50. The minimum Gasteiger partial charge on any atom is -0.361 e. The quantitative estimate of drug-likeness (QED) is 0.814. The van der Waals surface area contributed by atoms with E-state index in [1.165, 1.54) is 12.8 Å². The number of H-pyrrole nitrogens is 2. The van der Waals surface area contributed by atoms with Crippen molar-refractivity contribution in [3.8, 4) is 11.3 Å². The summed E-state index contributed by atoms with van der Waals surface area (Å²) in [6.07, 6.45) is 7.27. The minimum atomic E-state index is -0.254. The van der Waals surface area contributed by atoms with Crippen LogP contribution in [0.2, 0.25) is 0 Å². The molecule has 0 bridgehead atoms. The lowest BCUT2D eigenvalue weighted by Crippen LogP contribution is -2.23. The summed E-state index contributed by atoms with van der Waals surface area (Å²) in [5, 5.41) is 3.07. The highest BCUT2D eigenvalue weighted by Crippen LogP contribution is 2.39. The van der Waals surface area contributed by atoms with Crippen molar-refractivity contribution in [3.63, 3.8) is 0 Å². The van der Waals surface area contributed by atoms with Crippen LogP contribution in [0.1, 0.15) is 45.2 Å². The molecule has 23 heavy (non-hydrogen) atoms. The van der Waals surface area contributed by atoms with Gasteiger partial charge < -0.3 is 9.97 Å². The molecule has 1 aliphatic rings. The molecule has 1 fully saturated rings. The van der Waals surface area contributed by atoms with E-state index >= 15 is 0 Å². The van der Waals surface area contributed by atoms with Crippen LogP contribution in [0.15, 0.2) is 34.4 Å². The first-order valence-electron chi connectivity index (χ1n) is 8.22. The Kier molecular flexibility index (Phi) is 4.20. The van der Waals surface area contributed by atoms with Gasteiger partial charge in [-0.3, -0.25) is 4.79 Å². The van der Waals surface area contributed by atoms with Gasteiger partial charge in [-0.1, -0.05) is 13.8 Å². The fourth-order valence-corrected chi connectivity index (χ4v) is 3.50. The summed E-state index contributed by atoms with van der Waals surface area (Å²) < 4.78 is 0. The highest BCUT2D eigenvalue weighted by molar-refractivity contribution is 5.72. The van der Waals surface area contributed by atoms with E-state index in [1.807, 2.05) is 0 Å². The zero-order chi connectivity index (χ0) is 16.4. The Morgan fingerprint density at radius 3 is 2.65 bits per heavy atom. The SMILES string of the molecule is CC1(C)CCC(Cc2cc(N=O)c(-c3ccc[nH]3)c(=O)[nH]2)CC1. The maximum atomic E-state index is 12.4. The molecule has 0 radical (unpaired) electrons. The molecule has 3 rings (SSSR count). The van der Waals surface area contributed by atoms with Crippen LogP contribution in [-0.4, -0.2) is 9.97 Å². The first kappa shape index (κ1) is 15.7. The molecule has 0 saturated heterocycles. The van der Waals surface area contributed by atoms with Gasteiger partial charge in [-0.25, -0.2) is 0 Å². The highest BCUT2D eigenvalue weighted by atomic mass is 16.3. The maximum Gasteiger partial charge on any atom is 0.259 e. The molecule has 2 aromatic rings. The number of aromatic amines is 2. The summed E-state index contributed by atoms with van der Waals surface area (Å²) in [4.78, 5) is 29.5. The van der Waals surface area contributed by atoms with Crippen molar-refractivity contribution in [3.05, 3.63) is 45.4 Å². The lowest BCUT2D eigenvalue weighted by Gasteiger charge is -2.34. The number of hydrogen-bond acceptors (Lipinski definition) is 3. The molecule has 1 aliphatic carbocycles. The molecule has 0 aromatic carbocycles. The van der Waals surface area contributed by atoms with Crippen LogP contribution in [0, 0.1) is 16.2 Å². The molecule has 0 amide bonds. The van der Waals surface area contributed by atoms with Gasteiger partial charge in [0.15, 0.2) is 0 Å². The smallest absolute Gasteiger partial charge is 0.259 e. The molecule has 2 heterocycles. The monoisotopic (exact) mass is 313 g/mol. The normalized spacial score (nSPS) is 18.0. The molecule has 2 N–H and O–H groups in total. The number of nitroso groups, excluding NO2 is 1. The van der Waals surface area contributed by atoms with Crippen molar-refractivity contribution in [2.45, 2.75) is 46.0 Å². The Morgan fingerprint density at radius 1 is 1.30 bits per heavy atom. The summed E-state index contributed by atoms with van der Waals surface area (Å²) in [7, 11) is 0. The van der Waals surface area contributed by atoms with Gasteiger partial charge in [0.05, 0.1) is 11.3 Å². The summed E-state index contributed by atoms with van der Waals surface area (Å²) in [6.45, 7) is 4.62. The Balaban J connectivity index is 1.84. The van der Waals surface area contributed by atoms with E-state index < -0.39 is 0 Å². The summed E-state index contributed by atoms with van der Waals surface area (Å²) >= 11 is 0. The lowest BCUT2D eigenvalue weighted by molar-refractivity contribution is 0.190. The van der Waals surface area contributed by atoms with Crippen molar-refractivity contribution in [1.29, 1.82) is 0 Å². The van der Waals surface area contributed by atoms with Crippen molar-refractivity contribution >= 4 is 5.69 Å². The maximum absolute atomic E-state index is 12.4. The second kappa shape index (κ2) is 6.14. The molecule has 5 heteroatoms. The Bertz CT molecular complexity index is 734. The first-order valence-corrected chi connectivity index (χ1v) is 8.22. The average Bonchev–Trinajstić information content (AvgIpc) is 3.02. The van der Waals surface area contributed by atoms with E-state index in [9.17, 15) is 9.70 Å². The van der Waals surface area contributed by atoms with Crippen LogP contribution in [-0.2, 0) is 6.42 Å². The number of pyridine rings is 1. The van der Waals surface area contributed by atoms with Gasteiger partial charge in [0.1, 0.15) is 5.69 Å². The standard InChI is InChI=1S/C18H23N3O2/c1-18(2)7-5-12(6-8-18)10-13-11-15(21-23)16(17(22)20-13)14-4-3-9-19-14/h3-4,9,11-12,19H,5-8,10H2,1-2H3,(H,20,22). The summed E-state index contributed by atoms with van der Waals surface area (Å²) in [5.41, 5.74) is 2.13. The third-order valence-electron chi connectivity index (χ3n) is 5.00. The van der Waals surface area contributed by atoms with E-state index in [-0.39, 0.29) is 11.2 Å². The van der Waals surface area contributed by atoms with Gasteiger partial charge in [-0.05, 0) is 66.8 Å². The van der Waals surface area contributed by atoms with Gasteiger partial charge in [0.25, 0.3) is 5.56 Å². The average molecular weight is 313 g/mol. The van der Waals surface area contributed by atoms with E-state index in [4.69, 9.17) is 0 Å². The van der Waals surface area contributed by atoms with Crippen molar-refractivity contribution in [2.24, 2.45) is 16.5 Å². The molecular formula is C18H23N3O2. The van der Waals surface area contributed by atoms with Gasteiger partial charge >= 0.3 is 0 Å². The van der Waals surface area contributed by atoms with E-state index in [2.05, 4.69) is 29.0 Å². The molecule has 0 aliphatic heterocycles. The number of nitrogens with one attached hydrogen (secondary N) is 2. The second-order valence-corrected chi connectivity index (χ2v) is 7.37. The minimum absolute atomic E-state index is 0.210. The zero-order valence-corrected chi connectivity index (χ0v) is 13.7. The predicted octanol–water partition coefficient (Wildman–Crippen LogP) is 4.53.